The molecule has 3 aromatic carbocycles. The fraction of sp³-hybridized carbons (Fsp3) is 0.396. The minimum absolute atomic E-state index is 0.0574. The summed E-state index contributed by atoms with van der Waals surface area (Å²) in [5, 5.41) is 30.6. The van der Waals surface area contributed by atoms with Crippen molar-refractivity contribution in [2.75, 3.05) is 34.3 Å². The summed E-state index contributed by atoms with van der Waals surface area (Å²) < 4.78 is 40.9. The standard InChI is InChI=1S/C26H27F2N5O3.C17H17BrN4O4.C10H14BrN3O/c1-16-11-20(34)9-10-32(16)26-29-13-19(14-30-26)17-7-8-21-22(12-17)33(31(2)24(21)35)15-18-5-3-4-6-23(18)36-25(27)28;1-11-8-15(6-7-21(11)17-19-9-13(18)10-20-17)26-16(23)12-2-4-14(5-3-12)22(24)25;1-7-4-9(15)2-3-14(7)10-12-5-8(11)6-13-10/h3-8,12-14,16,20,25,34H,9-11,15H2,1-2H3;2-5,9-11,15H,6-8H2,1H3;5-7,9,15H,2-4H2,1H3/t16-,20+;11-,15+;7-,9-/m111/s1. The van der Waals surface area contributed by atoms with Gasteiger partial charge >= 0.3 is 12.6 Å². The minimum atomic E-state index is -2.94. The Labute approximate surface area is 459 Å². The number of aliphatic hydroxyl groups is 2. The number of benzene rings is 3. The van der Waals surface area contributed by atoms with Crippen LogP contribution in [0.1, 0.15) is 75.2 Å². The van der Waals surface area contributed by atoms with Crippen molar-refractivity contribution in [1.29, 1.82) is 0 Å². The molecule has 3 fully saturated rings. The average molecular weight is 1190 g/mol. The van der Waals surface area contributed by atoms with Gasteiger partial charge in [-0.15, -0.1) is 0 Å². The number of rotatable bonds is 11. The maximum Gasteiger partial charge on any atom is 0.387 e. The molecule has 0 radical (unpaired) electrons. The van der Waals surface area contributed by atoms with Gasteiger partial charge in [-0.25, -0.2) is 34.7 Å². The predicted octanol–water partition coefficient (Wildman–Crippen LogP) is 8.75. The molecule has 7 aromatic rings. The molecule has 6 atom stereocenters. The second-order valence-electron chi connectivity index (χ2n) is 19.1. The lowest BCUT2D eigenvalue weighted by molar-refractivity contribution is -0.384. The summed E-state index contributed by atoms with van der Waals surface area (Å²) in [6, 6.07) is 18.0. The van der Waals surface area contributed by atoms with Gasteiger partial charge in [0.2, 0.25) is 17.8 Å². The number of nitrogens with zero attached hydrogens (tertiary/aromatic N) is 12. The number of hydrogen-bond donors (Lipinski definition) is 2. The highest BCUT2D eigenvalue weighted by atomic mass is 79.9. The zero-order chi connectivity index (χ0) is 54.9. The third-order valence-electron chi connectivity index (χ3n) is 13.7. The van der Waals surface area contributed by atoms with E-state index in [9.17, 15) is 38.7 Å². The Morgan fingerprint density at radius 2 is 1.23 bits per heavy atom. The van der Waals surface area contributed by atoms with Crippen molar-refractivity contribution in [3.8, 4) is 16.9 Å². The second-order valence-corrected chi connectivity index (χ2v) is 20.9. The molecule has 7 heterocycles. The third kappa shape index (κ3) is 14.1. The molecule has 3 aliphatic heterocycles. The Morgan fingerprint density at radius 1 is 0.727 bits per heavy atom. The van der Waals surface area contributed by atoms with E-state index in [1.807, 2.05) is 26.0 Å². The molecule has 20 nitrogen and oxygen atoms in total. The number of aromatic nitrogens is 8. The number of carbonyl (C=O) groups is 1. The van der Waals surface area contributed by atoms with Crippen LogP contribution >= 0.6 is 31.9 Å². The van der Waals surface area contributed by atoms with E-state index in [-0.39, 0.29) is 53.9 Å². The number of ether oxygens (including phenoxy) is 2. The summed E-state index contributed by atoms with van der Waals surface area (Å²) in [4.78, 5) is 67.9. The van der Waals surface area contributed by atoms with Crippen LogP contribution in [0.25, 0.3) is 22.0 Å². The number of piperidine rings is 3. The molecule has 3 saturated heterocycles. The van der Waals surface area contributed by atoms with E-state index in [2.05, 4.69) is 88.1 Å². The zero-order valence-corrected chi connectivity index (χ0v) is 45.8. The molecule has 10 rings (SSSR count). The summed E-state index contributed by atoms with van der Waals surface area (Å²) in [6.07, 6.45) is 14.0. The first-order valence-corrected chi connectivity index (χ1v) is 26.6. The van der Waals surface area contributed by atoms with E-state index in [1.165, 1.54) is 35.0 Å². The van der Waals surface area contributed by atoms with E-state index < -0.39 is 17.5 Å². The summed E-state index contributed by atoms with van der Waals surface area (Å²) in [6.45, 7) is 5.61. The van der Waals surface area contributed by atoms with Crippen LogP contribution in [-0.2, 0) is 18.3 Å². The quantitative estimate of drug-likeness (QED) is 0.0700. The van der Waals surface area contributed by atoms with Crippen molar-refractivity contribution in [3.63, 3.8) is 0 Å². The van der Waals surface area contributed by atoms with Gasteiger partial charge in [-0.1, -0.05) is 24.3 Å². The van der Waals surface area contributed by atoms with Crippen molar-refractivity contribution in [1.82, 2.24) is 39.3 Å². The van der Waals surface area contributed by atoms with Gasteiger partial charge in [-0.3, -0.25) is 24.3 Å². The molecule has 0 unspecified atom stereocenters. The number of nitro benzene ring substituents is 1. The first kappa shape index (κ1) is 56.2. The fourth-order valence-electron chi connectivity index (χ4n) is 9.64. The van der Waals surface area contributed by atoms with Crippen LogP contribution in [0.5, 0.6) is 5.75 Å². The molecule has 4 aromatic heterocycles. The van der Waals surface area contributed by atoms with Gasteiger partial charge in [0.25, 0.3) is 11.2 Å². The van der Waals surface area contributed by atoms with Crippen LogP contribution in [-0.4, -0.2) is 123 Å². The molecule has 3 aliphatic rings. The van der Waals surface area contributed by atoms with Gasteiger partial charge in [-0.05, 0) is 114 Å². The molecule has 0 amide bonds. The van der Waals surface area contributed by atoms with Crippen molar-refractivity contribution in [3.05, 3.63) is 144 Å². The number of aliphatic hydroxyl groups excluding tert-OH is 2. The number of anilines is 3. The molecule has 406 valence electrons. The maximum absolute atomic E-state index is 12.9. The van der Waals surface area contributed by atoms with Crippen molar-refractivity contribution < 1.29 is 38.2 Å². The first-order chi connectivity index (χ1) is 36.9. The van der Waals surface area contributed by atoms with Gasteiger partial charge in [0, 0.05) is 118 Å². The summed E-state index contributed by atoms with van der Waals surface area (Å²) in [7, 11) is 1.65. The van der Waals surface area contributed by atoms with Crippen molar-refractivity contribution in [2.24, 2.45) is 7.05 Å². The lowest BCUT2D eigenvalue weighted by Crippen LogP contribution is -2.44. The molecule has 24 heteroatoms. The van der Waals surface area contributed by atoms with E-state index in [4.69, 9.17) is 4.74 Å². The maximum atomic E-state index is 12.9. The largest absolute Gasteiger partial charge is 0.459 e. The number of carbonyl (C=O) groups excluding carboxylic acids is 1. The highest BCUT2D eigenvalue weighted by Crippen LogP contribution is 2.30. The highest BCUT2D eigenvalue weighted by molar-refractivity contribution is 9.10. The van der Waals surface area contributed by atoms with Gasteiger partial charge in [0.05, 0.1) is 49.1 Å². The van der Waals surface area contributed by atoms with Gasteiger partial charge in [0.15, 0.2) is 0 Å². The number of alkyl halides is 2. The number of hydrogen-bond acceptors (Lipinski definition) is 17. The van der Waals surface area contributed by atoms with E-state index >= 15 is 0 Å². The lowest BCUT2D eigenvalue weighted by atomic mass is 10.0. The summed E-state index contributed by atoms with van der Waals surface area (Å²) in [5.41, 5.74) is 2.87. The second kappa shape index (κ2) is 25.4. The van der Waals surface area contributed by atoms with Gasteiger partial charge in [0.1, 0.15) is 11.9 Å². The topological polar surface area (TPSA) is 233 Å². The molecular weight excluding hydrogens is 1130 g/mol. The number of fused-ring (bicyclic) bond motifs is 1. The van der Waals surface area contributed by atoms with Crippen LogP contribution in [0.2, 0.25) is 0 Å². The molecule has 0 bridgehead atoms. The monoisotopic (exact) mass is 1190 g/mol. The van der Waals surface area contributed by atoms with E-state index in [0.29, 0.717) is 78.7 Å². The Balaban J connectivity index is 0.000000166. The zero-order valence-electron chi connectivity index (χ0n) is 42.6. The number of para-hydroxylation sites is 1. The highest BCUT2D eigenvalue weighted by Gasteiger charge is 2.31. The number of nitro groups is 1. The summed E-state index contributed by atoms with van der Waals surface area (Å²) in [5.74, 6) is 1.62. The Kier molecular flexibility index (Phi) is 18.6. The molecule has 0 saturated carbocycles. The van der Waals surface area contributed by atoms with Crippen LogP contribution in [0.4, 0.5) is 32.3 Å². The third-order valence-corrected chi connectivity index (χ3v) is 14.6. The average Bonchev–Trinajstić information content (AvgIpc) is 3.66. The van der Waals surface area contributed by atoms with Crippen LogP contribution < -0.4 is 25.0 Å². The normalized spacial score (nSPS) is 20.4. The van der Waals surface area contributed by atoms with Crippen molar-refractivity contribution >= 4 is 72.3 Å². The van der Waals surface area contributed by atoms with Crippen LogP contribution in [0, 0.1) is 10.1 Å². The molecule has 2 N–H and O–H groups in total. The van der Waals surface area contributed by atoms with Crippen LogP contribution in [0.3, 0.4) is 0 Å². The molecule has 0 spiro atoms. The Hall–Kier alpha value is -7.02. The SMILES string of the molecule is C[C@@H]1C[C@@H](O)CCN1c1ncc(-c2ccc3c(=O)n(C)n(Cc4ccccc4OC(F)F)c3c2)cn1.C[C@@H]1C[C@@H](OC(=O)c2ccc([N+](=O)[O-])cc2)CCN1c1ncc(Br)cn1.C[C@@H]1C[C@H](O)CCN1c1ncc(Br)cn1. The minimum Gasteiger partial charge on any atom is -0.459 e. The smallest absolute Gasteiger partial charge is 0.387 e. The lowest BCUT2D eigenvalue weighted by Gasteiger charge is -2.37. The fourth-order valence-corrected chi connectivity index (χ4v) is 10.0. The van der Waals surface area contributed by atoms with Gasteiger partial charge < -0.3 is 34.4 Å². The Morgan fingerprint density at radius 3 is 1.74 bits per heavy atom. The van der Waals surface area contributed by atoms with Crippen molar-refractivity contribution in [2.45, 2.75) is 109 Å². The number of non-ortho nitro benzene ring substituents is 1. The van der Waals surface area contributed by atoms with Gasteiger partial charge in [-0.2, -0.15) is 8.78 Å². The number of esters is 1. The number of halogens is 4. The predicted molar refractivity (Wildman–Crippen MR) is 292 cm³/mol. The molecular formula is C53H58Br2F2N12O8. The van der Waals surface area contributed by atoms with E-state index in [0.717, 1.165) is 45.4 Å². The molecule has 0 aliphatic carbocycles. The van der Waals surface area contributed by atoms with Crippen LogP contribution in [0.15, 0.2) is 118 Å². The van der Waals surface area contributed by atoms with E-state index in [1.54, 1.807) is 73.2 Å². The molecule has 77 heavy (non-hydrogen) atoms. The summed E-state index contributed by atoms with van der Waals surface area (Å²) >= 11 is 6.63. The first-order valence-electron chi connectivity index (χ1n) is 25.0. The Bertz CT molecular complexity index is 3180.